The molecule has 1 fully saturated rings. The molecule has 0 unspecified atom stereocenters. The van der Waals surface area contributed by atoms with E-state index >= 15 is 0 Å². The summed E-state index contributed by atoms with van der Waals surface area (Å²) in [6.45, 7) is 6.07. The van der Waals surface area contributed by atoms with Gasteiger partial charge in [-0.2, -0.15) is 0 Å². The Morgan fingerprint density at radius 3 is 2.24 bits per heavy atom. The van der Waals surface area contributed by atoms with E-state index in [2.05, 4.69) is 0 Å². The minimum atomic E-state index is -0.468. The van der Waals surface area contributed by atoms with E-state index in [1.807, 2.05) is 55.7 Å². The minimum Gasteiger partial charge on any atom is -0.318 e. The smallest absolute Gasteiger partial charge is 0.270 e. The van der Waals surface area contributed by atoms with Gasteiger partial charge in [-0.1, -0.05) is 29.3 Å². The molecule has 3 aromatic rings. The van der Waals surface area contributed by atoms with E-state index in [1.165, 1.54) is 9.80 Å². The van der Waals surface area contributed by atoms with Crippen LogP contribution in [0.25, 0.3) is 11.8 Å². The first-order chi connectivity index (χ1) is 15.7. The third-order valence-electron chi connectivity index (χ3n) is 5.57. The maximum absolute atomic E-state index is 13.5. The van der Waals surface area contributed by atoms with Crippen LogP contribution in [-0.4, -0.2) is 32.9 Å². The van der Waals surface area contributed by atoms with Crippen LogP contribution < -0.4 is 4.90 Å². The molecule has 2 heterocycles. The van der Waals surface area contributed by atoms with Crippen molar-refractivity contribution >= 4 is 64.1 Å². The van der Waals surface area contributed by atoms with Gasteiger partial charge < -0.3 is 4.57 Å². The van der Waals surface area contributed by atoms with E-state index in [9.17, 15) is 9.59 Å². The Bertz CT molecular complexity index is 1310. The fourth-order valence-electron chi connectivity index (χ4n) is 3.97. The van der Waals surface area contributed by atoms with Crippen molar-refractivity contribution in [2.24, 2.45) is 0 Å². The number of likely N-dealkylation sites (N-methyl/N-ethyl adjacent to an activating group) is 1. The van der Waals surface area contributed by atoms with Crippen LogP contribution in [0.2, 0.25) is 10.0 Å². The number of carbonyl (C=O) groups excluding carboxylic acids is 2. The molecule has 8 heteroatoms. The summed E-state index contributed by atoms with van der Waals surface area (Å²) in [6.07, 6.45) is 1.64. The van der Waals surface area contributed by atoms with Crippen LogP contribution in [0.5, 0.6) is 0 Å². The summed E-state index contributed by atoms with van der Waals surface area (Å²) < 4.78 is 2.04. The molecule has 0 saturated carbocycles. The second kappa shape index (κ2) is 9.14. The van der Waals surface area contributed by atoms with Crippen LogP contribution >= 0.6 is 35.4 Å². The molecule has 2 amide bonds. The zero-order valence-corrected chi connectivity index (χ0v) is 20.6. The molecule has 1 saturated heterocycles. The number of aromatic nitrogens is 1. The zero-order valence-electron chi connectivity index (χ0n) is 18.3. The first-order valence-corrected chi connectivity index (χ1v) is 11.5. The number of hydrogen-bond acceptors (Lipinski definition) is 3. The van der Waals surface area contributed by atoms with Gasteiger partial charge in [0.2, 0.25) is 0 Å². The molecular formula is C25H21Cl2N3O2S. The highest BCUT2D eigenvalue weighted by molar-refractivity contribution is 7.80. The number of amides is 2. The highest BCUT2D eigenvalue weighted by Gasteiger charge is 2.39. The van der Waals surface area contributed by atoms with E-state index in [1.54, 1.807) is 30.3 Å². The molecular weight excluding hydrogens is 477 g/mol. The Morgan fingerprint density at radius 2 is 1.61 bits per heavy atom. The number of nitrogens with zero attached hydrogens (tertiary/aromatic N) is 3. The molecule has 2 aromatic carbocycles. The summed E-state index contributed by atoms with van der Waals surface area (Å²) in [5, 5.41) is 1.32. The maximum Gasteiger partial charge on any atom is 0.270 e. The monoisotopic (exact) mass is 497 g/mol. The fourth-order valence-corrected chi connectivity index (χ4v) is 4.68. The Kier molecular flexibility index (Phi) is 6.43. The second-order valence-electron chi connectivity index (χ2n) is 7.65. The highest BCUT2D eigenvalue weighted by Crippen LogP contribution is 2.29. The fraction of sp³-hybridized carbons (Fsp3) is 0.160. The SMILES string of the molecule is CCN1C(=O)/C(=C\c2cc(C)n(-c3cccc(Cl)c3)c2C)C(=O)N(c2ccc(Cl)cc2)C1=S. The van der Waals surface area contributed by atoms with E-state index in [4.69, 9.17) is 35.4 Å². The predicted octanol–water partition coefficient (Wildman–Crippen LogP) is 5.96. The standard InChI is InChI=1S/C25H21Cl2N3O2S/c1-4-28-23(31)22(24(32)30(25(28)33)20-10-8-18(26)9-11-20)13-17-12-15(2)29(16(17)3)21-7-5-6-19(27)14-21/h5-14H,4H2,1-3H3/b22-13+. The third kappa shape index (κ3) is 4.22. The molecule has 1 aliphatic heterocycles. The minimum absolute atomic E-state index is 0.0479. The normalized spacial score (nSPS) is 15.7. The van der Waals surface area contributed by atoms with Gasteiger partial charge in [-0.15, -0.1) is 0 Å². The lowest BCUT2D eigenvalue weighted by Crippen LogP contribution is -2.56. The van der Waals surface area contributed by atoms with Gasteiger partial charge in [-0.25, -0.2) is 0 Å². The van der Waals surface area contributed by atoms with Crippen molar-refractivity contribution in [3.05, 3.63) is 87.2 Å². The molecule has 0 spiro atoms. The number of rotatable bonds is 4. The average molecular weight is 498 g/mol. The molecule has 33 heavy (non-hydrogen) atoms. The van der Waals surface area contributed by atoms with Gasteiger partial charge in [0, 0.05) is 33.7 Å². The van der Waals surface area contributed by atoms with Gasteiger partial charge in [0.1, 0.15) is 5.57 Å². The summed E-state index contributed by atoms with van der Waals surface area (Å²) in [7, 11) is 0. The topological polar surface area (TPSA) is 45.6 Å². The van der Waals surface area contributed by atoms with Crippen molar-refractivity contribution in [2.45, 2.75) is 20.8 Å². The molecule has 0 aliphatic carbocycles. The van der Waals surface area contributed by atoms with Crippen molar-refractivity contribution in [1.82, 2.24) is 9.47 Å². The lowest BCUT2D eigenvalue weighted by molar-refractivity contribution is -0.127. The van der Waals surface area contributed by atoms with Gasteiger partial charge in [-0.3, -0.25) is 19.4 Å². The van der Waals surface area contributed by atoms with Gasteiger partial charge in [0.05, 0.1) is 5.69 Å². The molecule has 0 bridgehead atoms. The number of aryl methyl sites for hydroxylation is 1. The first-order valence-electron chi connectivity index (χ1n) is 10.3. The molecule has 0 N–H and O–H groups in total. The number of anilines is 1. The number of hydrogen-bond donors (Lipinski definition) is 0. The van der Waals surface area contributed by atoms with Crippen LogP contribution in [0, 0.1) is 13.8 Å². The maximum atomic E-state index is 13.5. The molecule has 0 atom stereocenters. The van der Waals surface area contributed by atoms with Crippen LogP contribution in [0.3, 0.4) is 0 Å². The summed E-state index contributed by atoms with van der Waals surface area (Å²) in [4.78, 5) is 29.5. The average Bonchev–Trinajstić information content (AvgIpc) is 3.05. The Balaban J connectivity index is 1.82. The lowest BCUT2D eigenvalue weighted by atomic mass is 10.1. The second-order valence-corrected chi connectivity index (χ2v) is 8.89. The van der Waals surface area contributed by atoms with Crippen molar-refractivity contribution in [1.29, 1.82) is 0 Å². The van der Waals surface area contributed by atoms with Crippen molar-refractivity contribution in [2.75, 3.05) is 11.4 Å². The summed E-state index contributed by atoms with van der Waals surface area (Å²) in [5.74, 6) is -0.880. The highest BCUT2D eigenvalue weighted by atomic mass is 35.5. The molecule has 0 radical (unpaired) electrons. The Labute approximate surface area is 207 Å². The summed E-state index contributed by atoms with van der Waals surface area (Å²) in [6, 6.07) is 16.2. The van der Waals surface area contributed by atoms with E-state index in [0.29, 0.717) is 22.3 Å². The van der Waals surface area contributed by atoms with Crippen LogP contribution in [0.1, 0.15) is 23.9 Å². The number of thiocarbonyl (C=S) groups is 1. The largest absolute Gasteiger partial charge is 0.318 e. The Hall–Kier alpha value is -2.93. The number of carbonyl (C=O) groups is 2. The molecule has 5 nitrogen and oxygen atoms in total. The molecule has 4 rings (SSSR count). The van der Waals surface area contributed by atoms with Crippen LogP contribution in [0.15, 0.2) is 60.2 Å². The van der Waals surface area contributed by atoms with Crippen LogP contribution in [-0.2, 0) is 9.59 Å². The lowest BCUT2D eigenvalue weighted by Gasteiger charge is -2.36. The Morgan fingerprint density at radius 1 is 0.909 bits per heavy atom. The van der Waals surface area contributed by atoms with Gasteiger partial charge in [0.25, 0.3) is 11.8 Å². The van der Waals surface area contributed by atoms with Crippen molar-refractivity contribution in [3.8, 4) is 5.69 Å². The van der Waals surface area contributed by atoms with E-state index < -0.39 is 11.8 Å². The van der Waals surface area contributed by atoms with Gasteiger partial charge >= 0.3 is 0 Å². The van der Waals surface area contributed by atoms with Crippen molar-refractivity contribution in [3.63, 3.8) is 0 Å². The molecule has 1 aliphatic rings. The quantitative estimate of drug-likeness (QED) is 0.253. The van der Waals surface area contributed by atoms with Gasteiger partial charge in [-0.05, 0) is 93.2 Å². The predicted molar refractivity (Wildman–Crippen MR) is 137 cm³/mol. The summed E-state index contributed by atoms with van der Waals surface area (Å²) in [5.41, 5.74) is 4.11. The van der Waals surface area contributed by atoms with E-state index in [-0.39, 0.29) is 10.7 Å². The number of halogens is 2. The third-order valence-corrected chi connectivity index (χ3v) is 6.46. The molecule has 168 valence electrons. The van der Waals surface area contributed by atoms with Gasteiger partial charge in [0.15, 0.2) is 5.11 Å². The zero-order chi connectivity index (χ0) is 23.9. The molecule has 1 aromatic heterocycles. The van der Waals surface area contributed by atoms with E-state index in [0.717, 1.165) is 22.6 Å². The van der Waals surface area contributed by atoms with Crippen molar-refractivity contribution < 1.29 is 9.59 Å². The van der Waals surface area contributed by atoms with Crippen LogP contribution in [0.4, 0.5) is 5.69 Å². The first kappa shape index (κ1) is 23.2. The summed E-state index contributed by atoms with van der Waals surface area (Å²) >= 11 is 17.7. The number of benzene rings is 2.